The molecule has 0 aliphatic heterocycles. The molecule has 19 heavy (non-hydrogen) atoms. The number of carbonyl (C=O) groups excluding carboxylic acids is 2. The number of hydrogen-bond donors (Lipinski definition) is 2. The van der Waals surface area contributed by atoms with Gasteiger partial charge in [0.05, 0.1) is 18.3 Å². The zero-order valence-corrected chi connectivity index (χ0v) is 12.5. The van der Waals surface area contributed by atoms with E-state index in [1.54, 1.807) is 5.38 Å². The summed E-state index contributed by atoms with van der Waals surface area (Å²) in [5, 5.41) is 4.57. The van der Waals surface area contributed by atoms with E-state index in [1.165, 1.54) is 18.4 Å². The lowest BCUT2D eigenvalue weighted by atomic mass is 9.93. The van der Waals surface area contributed by atoms with Crippen LogP contribution in [0.2, 0.25) is 0 Å². The van der Waals surface area contributed by atoms with Gasteiger partial charge in [0.1, 0.15) is 4.88 Å². The van der Waals surface area contributed by atoms with Gasteiger partial charge in [-0.2, -0.15) is 0 Å². The molecule has 1 heterocycles. The van der Waals surface area contributed by atoms with Crippen LogP contribution in [-0.4, -0.2) is 24.5 Å². The van der Waals surface area contributed by atoms with Crippen LogP contribution in [0, 0.1) is 6.92 Å². The summed E-state index contributed by atoms with van der Waals surface area (Å²) in [5.41, 5.74) is 6.45. The van der Waals surface area contributed by atoms with Crippen molar-refractivity contribution in [2.24, 2.45) is 5.73 Å². The highest BCUT2D eigenvalue weighted by Gasteiger charge is 2.31. The van der Waals surface area contributed by atoms with E-state index in [0.717, 1.165) is 5.56 Å². The number of amides is 1. The van der Waals surface area contributed by atoms with Crippen LogP contribution in [0.15, 0.2) is 5.38 Å². The molecule has 0 unspecified atom stereocenters. The largest absolute Gasteiger partial charge is 0.465 e. The van der Waals surface area contributed by atoms with Gasteiger partial charge >= 0.3 is 5.97 Å². The molecular weight excluding hydrogens is 264 g/mol. The fourth-order valence-electron chi connectivity index (χ4n) is 1.65. The minimum absolute atomic E-state index is 0.274. The maximum Gasteiger partial charge on any atom is 0.350 e. The van der Waals surface area contributed by atoms with Crippen LogP contribution >= 0.6 is 11.3 Å². The molecule has 0 atom stereocenters. The van der Waals surface area contributed by atoms with Crippen LogP contribution in [0.1, 0.15) is 41.9 Å². The molecule has 106 valence electrons. The Hall–Kier alpha value is -1.40. The minimum Gasteiger partial charge on any atom is -0.465 e. The predicted molar refractivity (Wildman–Crippen MR) is 76.5 cm³/mol. The average molecular weight is 284 g/mol. The molecule has 0 bridgehead atoms. The number of nitrogens with two attached hydrogens (primary N) is 1. The molecule has 1 amide bonds. The van der Waals surface area contributed by atoms with Crippen LogP contribution in [0.25, 0.3) is 0 Å². The number of thiophene rings is 1. The molecule has 1 rings (SSSR count). The van der Waals surface area contributed by atoms with Crippen LogP contribution < -0.4 is 11.1 Å². The summed E-state index contributed by atoms with van der Waals surface area (Å²) in [4.78, 5) is 24.2. The normalized spacial score (nSPS) is 11.2. The van der Waals surface area contributed by atoms with Crippen molar-refractivity contribution in [2.75, 3.05) is 12.4 Å². The molecule has 0 saturated carbocycles. The Balaban J connectivity index is 3.03. The highest BCUT2D eigenvalue weighted by Crippen LogP contribution is 2.29. The van der Waals surface area contributed by atoms with Crippen molar-refractivity contribution in [1.82, 2.24) is 0 Å². The van der Waals surface area contributed by atoms with Gasteiger partial charge in [-0.05, 0) is 30.7 Å². The Kier molecular flexibility index (Phi) is 5.08. The lowest BCUT2D eigenvalue weighted by Crippen LogP contribution is -2.50. The Labute approximate surface area is 117 Å². The van der Waals surface area contributed by atoms with Gasteiger partial charge in [-0.3, -0.25) is 4.79 Å². The maximum absolute atomic E-state index is 12.2. The fraction of sp³-hybridized carbons (Fsp3) is 0.538. The number of anilines is 1. The van der Waals surface area contributed by atoms with Crippen molar-refractivity contribution >= 4 is 28.9 Å². The number of carbonyl (C=O) groups is 2. The summed E-state index contributed by atoms with van der Waals surface area (Å²) in [7, 11) is 1.31. The number of ether oxygens (including phenoxy) is 1. The Bertz CT molecular complexity index is 478. The number of esters is 1. The van der Waals surface area contributed by atoms with E-state index >= 15 is 0 Å². The van der Waals surface area contributed by atoms with Crippen LogP contribution in [-0.2, 0) is 9.53 Å². The van der Waals surface area contributed by atoms with Gasteiger partial charge in [0.15, 0.2) is 0 Å². The van der Waals surface area contributed by atoms with E-state index in [0.29, 0.717) is 23.4 Å². The molecule has 0 aliphatic rings. The first-order valence-corrected chi connectivity index (χ1v) is 7.04. The number of methoxy groups -OCH3 is 1. The van der Waals surface area contributed by atoms with Gasteiger partial charge < -0.3 is 15.8 Å². The number of aryl methyl sites for hydroxylation is 1. The molecule has 6 heteroatoms. The quantitative estimate of drug-likeness (QED) is 0.813. The topological polar surface area (TPSA) is 81.4 Å². The van der Waals surface area contributed by atoms with Gasteiger partial charge in [0.25, 0.3) is 0 Å². The molecule has 3 N–H and O–H groups in total. The SMILES string of the molecule is CCC(N)(CC)C(=O)Nc1c(C)csc1C(=O)OC. The molecule has 0 saturated heterocycles. The van der Waals surface area contributed by atoms with Crippen molar-refractivity contribution in [1.29, 1.82) is 0 Å². The first kappa shape index (κ1) is 15.7. The van der Waals surface area contributed by atoms with Crippen molar-refractivity contribution in [3.05, 3.63) is 15.8 Å². The van der Waals surface area contributed by atoms with Gasteiger partial charge in [0, 0.05) is 0 Å². The second kappa shape index (κ2) is 6.16. The molecule has 0 aromatic carbocycles. The smallest absolute Gasteiger partial charge is 0.350 e. The summed E-state index contributed by atoms with van der Waals surface area (Å²) in [6.45, 7) is 5.56. The first-order chi connectivity index (χ1) is 8.89. The van der Waals surface area contributed by atoms with Crippen LogP contribution in [0.5, 0.6) is 0 Å². The number of rotatable bonds is 5. The summed E-state index contributed by atoms with van der Waals surface area (Å²) < 4.78 is 4.70. The second-order valence-corrected chi connectivity index (χ2v) is 5.31. The Morgan fingerprint density at radius 1 is 1.42 bits per heavy atom. The molecule has 0 fully saturated rings. The van der Waals surface area contributed by atoms with E-state index in [9.17, 15) is 9.59 Å². The van der Waals surface area contributed by atoms with Crippen molar-refractivity contribution in [3.8, 4) is 0 Å². The summed E-state index contributed by atoms with van der Waals surface area (Å²) >= 11 is 1.25. The highest BCUT2D eigenvalue weighted by atomic mass is 32.1. The summed E-state index contributed by atoms with van der Waals surface area (Å²) in [5.74, 6) is -0.729. The van der Waals surface area contributed by atoms with E-state index in [-0.39, 0.29) is 5.91 Å². The molecule has 0 radical (unpaired) electrons. The van der Waals surface area contributed by atoms with E-state index in [1.807, 2.05) is 20.8 Å². The summed E-state index contributed by atoms with van der Waals surface area (Å²) in [6.07, 6.45) is 1.07. The standard InChI is InChI=1S/C13H20N2O3S/c1-5-13(14,6-2)12(17)15-9-8(3)7-19-10(9)11(16)18-4/h7H,5-6,14H2,1-4H3,(H,15,17). The lowest BCUT2D eigenvalue weighted by molar-refractivity contribution is -0.121. The molecule has 1 aromatic heterocycles. The van der Waals surface area contributed by atoms with Crippen molar-refractivity contribution in [2.45, 2.75) is 39.2 Å². The van der Waals surface area contributed by atoms with Crippen LogP contribution in [0.3, 0.4) is 0 Å². The third-order valence-corrected chi connectivity index (χ3v) is 4.38. The Morgan fingerprint density at radius 3 is 2.47 bits per heavy atom. The molecule has 1 aromatic rings. The summed E-state index contributed by atoms with van der Waals surface area (Å²) in [6, 6.07) is 0. The zero-order valence-electron chi connectivity index (χ0n) is 11.7. The zero-order chi connectivity index (χ0) is 14.6. The number of hydrogen-bond acceptors (Lipinski definition) is 5. The van der Waals surface area contributed by atoms with Crippen molar-refractivity contribution in [3.63, 3.8) is 0 Å². The third kappa shape index (κ3) is 3.13. The van der Waals surface area contributed by atoms with Gasteiger partial charge in [-0.25, -0.2) is 4.79 Å². The second-order valence-electron chi connectivity index (χ2n) is 4.43. The van der Waals surface area contributed by atoms with E-state index in [4.69, 9.17) is 10.5 Å². The molecule has 5 nitrogen and oxygen atoms in total. The molecule has 0 aliphatic carbocycles. The minimum atomic E-state index is -0.915. The van der Waals surface area contributed by atoms with Gasteiger partial charge in [-0.15, -0.1) is 11.3 Å². The van der Waals surface area contributed by atoms with Gasteiger partial charge in [0.2, 0.25) is 5.91 Å². The fourth-order valence-corrected chi connectivity index (χ4v) is 2.57. The van der Waals surface area contributed by atoms with E-state index in [2.05, 4.69) is 5.32 Å². The molecular formula is C13H20N2O3S. The maximum atomic E-state index is 12.2. The molecule has 0 spiro atoms. The monoisotopic (exact) mass is 284 g/mol. The van der Waals surface area contributed by atoms with E-state index < -0.39 is 11.5 Å². The van der Waals surface area contributed by atoms with Crippen molar-refractivity contribution < 1.29 is 14.3 Å². The van der Waals surface area contributed by atoms with Crippen LogP contribution in [0.4, 0.5) is 5.69 Å². The lowest BCUT2D eigenvalue weighted by Gasteiger charge is -2.25. The first-order valence-electron chi connectivity index (χ1n) is 6.16. The van der Waals surface area contributed by atoms with Gasteiger partial charge in [-0.1, -0.05) is 13.8 Å². The predicted octanol–water partition coefficient (Wildman–Crippen LogP) is 2.30. The highest BCUT2D eigenvalue weighted by molar-refractivity contribution is 7.12. The Morgan fingerprint density at radius 2 is 2.00 bits per heavy atom. The third-order valence-electron chi connectivity index (χ3n) is 3.30. The average Bonchev–Trinajstić information content (AvgIpc) is 2.78. The number of nitrogens with one attached hydrogen (secondary N) is 1.